The predicted molar refractivity (Wildman–Crippen MR) is 99.6 cm³/mol. The lowest BCUT2D eigenvalue weighted by molar-refractivity contribution is -0.128. The highest BCUT2D eigenvalue weighted by atomic mass is 32.2. The van der Waals surface area contributed by atoms with Gasteiger partial charge in [0.1, 0.15) is 5.75 Å². The number of hydrogen-bond donors (Lipinski definition) is 1. The molecule has 0 fully saturated rings. The standard InChI is InChI=1S/C19H23NO5S/c1-14(25-26(22,23)17-8-6-5-7-9-17)19(2,3)18(21)20-15-10-12-16(24-4)13-11-15/h5-14H,1-4H3,(H,20,21). The second-order valence-corrected chi connectivity index (χ2v) is 7.98. The van der Waals surface area contributed by atoms with Crippen LogP contribution in [0.25, 0.3) is 0 Å². The van der Waals surface area contributed by atoms with Gasteiger partial charge in [0.05, 0.1) is 23.5 Å². The summed E-state index contributed by atoms with van der Waals surface area (Å²) in [7, 11) is -2.40. The summed E-state index contributed by atoms with van der Waals surface area (Å²) in [6.45, 7) is 4.84. The SMILES string of the molecule is COc1ccc(NC(=O)C(C)(C)C(C)OS(=O)(=O)c2ccccc2)cc1. The van der Waals surface area contributed by atoms with Gasteiger partial charge in [-0.1, -0.05) is 18.2 Å². The van der Waals surface area contributed by atoms with Crippen LogP contribution in [0.5, 0.6) is 5.75 Å². The minimum atomic E-state index is -3.95. The van der Waals surface area contributed by atoms with E-state index in [2.05, 4.69) is 5.32 Å². The van der Waals surface area contributed by atoms with Crippen molar-refractivity contribution in [3.63, 3.8) is 0 Å². The summed E-state index contributed by atoms with van der Waals surface area (Å²) >= 11 is 0. The van der Waals surface area contributed by atoms with Crippen LogP contribution < -0.4 is 10.1 Å². The first-order valence-corrected chi connectivity index (χ1v) is 9.51. The topological polar surface area (TPSA) is 81.7 Å². The normalized spacial score (nSPS) is 13.1. The average molecular weight is 377 g/mol. The first-order chi connectivity index (χ1) is 12.2. The summed E-state index contributed by atoms with van der Waals surface area (Å²) in [5.41, 5.74) is -0.496. The second-order valence-electron chi connectivity index (χ2n) is 6.41. The van der Waals surface area contributed by atoms with Crippen molar-refractivity contribution in [2.24, 2.45) is 5.41 Å². The van der Waals surface area contributed by atoms with Gasteiger partial charge in [-0.2, -0.15) is 8.42 Å². The number of carbonyl (C=O) groups is 1. The molecule has 0 radical (unpaired) electrons. The Morgan fingerprint density at radius 1 is 1.04 bits per heavy atom. The molecule has 0 aromatic heterocycles. The molecule has 1 N–H and O–H groups in total. The number of nitrogens with one attached hydrogen (secondary N) is 1. The third-order valence-corrected chi connectivity index (χ3v) is 5.64. The molecule has 2 rings (SSSR count). The van der Waals surface area contributed by atoms with Crippen molar-refractivity contribution in [3.8, 4) is 5.75 Å². The zero-order valence-corrected chi connectivity index (χ0v) is 16.0. The minimum absolute atomic E-state index is 0.0539. The van der Waals surface area contributed by atoms with Gasteiger partial charge < -0.3 is 10.1 Å². The summed E-state index contributed by atoms with van der Waals surface area (Å²) in [6.07, 6.45) is -0.869. The lowest BCUT2D eigenvalue weighted by Crippen LogP contribution is -2.41. The molecule has 1 unspecified atom stereocenters. The number of ether oxygens (including phenoxy) is 1. The molecule has 2 aromatic rings. The fraction of sp³-hybridized carbons (Fsp3) is 0.316. The van der Waals surface area contributed by atoms with Crippen LogP contribution in [-0.4, -0.2) is 27.5 Å². The zero-order chi connectivity index (χ0) is 19.4. The molecule has 0 spiro atoms. The van der Waals surface area contributed by atoms with Crippen molar-refractivity contribution >= 4 is 21.7 Å². The molecule has 7 heteroatoms. The molecular formula is C19H23NO5S. The fourth-order valence-electron chi connectivity index (χ4n) is 2.10. The zero-order valence-electron chi connectivity index (χ0n) is 15.2. The van der Waals surface area contributed by atoms with Crippen molar-refractivity contribution in [1.29, 1.82) is 0 Å². The maximum atomic E-state index is 12.6. The molecule has 26 heavy (non-hydrogen) atoms. The number of hydrogen-bond acceptors (Lipinski definition) is 5. The van der Waals surface area contributed by atoms with Gasteiger partial charge in [0.25, 0.3) is 10.1 Å². The molecule has 1 atom stereocenters. The van der Waals surface area contributed by atoms with E-state index < -0.39 is 21.6 Å². The molecular weight excluding hydrogens is 354 g/mol. The monoisotopic (exact) mass is 377 g/mol. The van der Waals surface area contributed by atoms with Crippen molar-refractivity contribution in [3.05, 3.63) is 54.6 Å². The molecule has 0 bridgehead atoms. The van der Waals surface area contributed by atoms with Gasteiger partial charge in [0.2, 0.25) is 5.91 Å². The number of carbonyl (C=O) groups excluding carboxylic acids is 1. The molecule has 1 amide bonds. The summed E-state index contributed by atoms with van der Waals surface area (Å²) in [5, 5.41) is 2.77. The Bertz CT molecular complexity index is 845. The largest absolute Gasteiger partial charge is 0.497 e. The Morgan fingerprint density at radius 2 is 1.62 bits per heavy atom. The molecule has 6 nitrogen and oxygen atoms in total. The number of rotatable bonds is 7. The molecule has 0 aliphatic heterocycles. The number of benzene rings is 2. The lowest BCUT2D eigenvalue weighted by atomic mass is 9.86. The number of methoxy groups -OCH3 is 1. The van der Waals surface area contributed by atoms with Crippen LogP contribution in [0.4, 0.5) is 5.69 Å². The molecule has 0 aliphatic rings. The van der Waals surface area contributed by atoms with Crippen LogP contribution in [0.15, 0.2) is 59.5 Å². The average Bonchev–Trinajstić information content (AvgIpc) is 2.62. The van der Waals surface area contributed by atoms with Crippen LogP contribution in [0.2, 0.25) is 0 Å². The van der Waals surface area contributed by atoms with Crippen molar-refractivity contribution in [2.45, 2.75) is 31.8 Å². The summed E-state index contributed by atoms with van der Waals surface area (Å²) < 4.78 is 35.1. The van der Waals surface area contributed by atoms with Crippen LogP contribution >= 0.6 is 0 Å². The number of amides is 1. The first kappa shape index (κ1) is 19.9. The van der Waals surface area contributed by atoms with Crippen LogP contribution in [0.3, 0.4) is 0 Å². The van der Waals surface area contributed by atoms with E-state index in [1.165, 1.54) is 12.1 Å². The molecule has 0 heterocycles. The molecule has 140 valence electrons. The molecule has 2 aromatic carbocycles. The maximum absolute atomic E-state index is 12.6. The molecule has 0 saturated carbocycles. The third-order valence-electron chi connectivity index (χ3n) is 4.25. The van der Waals surface area contributed by atoms with Gasteiger partial charge in [0, 0.05) is 5.69 Å². The van der Waals surface area contributed by atoms with E-state index in [1.807, 2.05) is 0 Å². The Labute approximate surface area is 154 Å². The van der Waals surface area contributed by atoms with E-state index in [1.54, 1.807) is 70.3 Å². The lowest BCUT2D eigenvalue weighted by Gasteiger charge is -2.29. The highest BCUT2D eigenvalue weighted by molar-refractivity contribution is 7.86. The number of anilines is 1. The van der Waals surface area contributed by atoms with Crippen LogP contribution in [0, 0.1) is 5.41 Å². The van der Waals surface area contributed by atoms with Gasteiger partial charge in [-0.15, -0.1) is 0 Å². The second kappa shape index (κ2) is 7.88. The Hall–Kier alpha value is -2.38. The molecule has 0 saturated heterocycles. The van der Waals surface area contributed by atoms with Gasteiger partial charge >= 0.3 is 0 Å². The smallest absolute Gasteiger partial charge is 0.297 e. The minimum Gasteiger partial charge on any atom is -0.497 e. The summed E-state index contributed by atoms with van der Waals surface area (Å²) in [6, 6.07) is 14.7. The highest BCUT2D eigenvalue weighted by Crippen LogP contribution is 2.29. The van der Waals surface area contributed by atoms with E-state index in [4.69, 9.17) is 8.92 Å². The van der Waals surface area contributed by atoms with E-state index in [-0.39, 0.29) is 10.8 Å². The van der Waals surface area contributed by atoms with Gasteiger partial charge in [0.15, 0.2) is 0 Å². The third kappa shape index (κ3) is 4.62. The van der Waals surface area contributed by atoms with E-state index in [0.29, 0.717) is 11.4 Å². The maximum Gasteiger partial charge on any atom is 0.297 e. The van der Waals surface area contributed by atoms with Gasteiger partial charge in [-0.05, 0) is 57.2 Å². The van der Waals surface area contributed by atoms with Crippen molar-refractivity contribution in [1.82, 2.24) is 0 Å². The van der Waals surface area contributed by atoms with E-state index in [0.717, 1.165) is 0 Å². The Kier molecular flexibility index (Phi) is 6.05. The quantitative estimate of drug-likeness (QED) is 0.748. The highest BCUT2D eigenvalue weighted by Gasteiger charge is 2.38. The van der Waals surface area contributed by atoms with Gasteiger partial charge in [-0.25, -0.2) is 0 Å². The van der Waals surface area contributed by atoms with Crippen LogP contribution in [0.1, 0.15) is 20.8 Å². The Morgan fingerprint density at radius 3 is 2.15 bits per heavy atom. The van der Waals surface area contributed by atoms with Crippen molar-refractivity contribution in [2.75, 3.05) is 12.4 Å². The van der Waals surface area contributed by atoms with E-state index in [9.17, 15) is 13.2 Å². The van der Waals surface area contributed by atoms with E-state index >= 15 is 0 Å². The van der Waals surface area contributed by atoms with Crippen molar-refractivity contribution < 1.29 is 22.1 Å². The van der Waals surface area contributed by atoms with Crippen LogP contribution in [-0.2, 0) is 19.1 Å². The molecule has 0 aliphatic carbocycles. The summed E-state index contributed by atoms with van der Waals surface area (Å²) in [5.74, 6) is 0.325. The van der Waals surface area contributed by atoms with Gasteiger partial charge in [-0.3, -0.25) is 8.98 Å². The predicted octanol–water partition coefficient (Wildman–Crippen LogP) is 3.45. The first-order valence-electron chi connectivity index (χ1n) is 8.10. The Balaban J connectivity index is 2.10. The fourth-order valence-corrected chi connectivity index (χ4v) is 3.33. The summed E-state index contributed by atoms with van der Waals surface area (Å²) in [4.78, 5) is 12.7.